The number of halogens is 1. The number of carbonyl (C=O) groups is 2. The van der Waals surface area contributed by atoms with Gasteiger partial charge in [-0.15, -0.1) is 0 Å². The number of rotatable bonds is 5. The number of ether oxygens (including phenoxy) is 1. The second-order valence-corrected chi connectivity index (χ2v) is 7.30. The third-order valence-corrected chi connectivity index (χ3v) is 5.06. The third kappa shape index (κ3) is 5.26. The lowest BCUT2D eigenvalue weighted by Crippen LogP contribution is -2.38. The van der Waals surface area contributed by atoms with E-state index in [2.05, 4.69) is 31.2 Å². The highest BCUT2D eigenvalue weighted by Crippen LogP contribution is 2.24. The molecule has 8 heteroatoms. The van der Waals surface area contributed by atoms with Gasteiger partial charge in [-0.3, -0.25) is 9.59 Å². The Morgan fingerprint density at radius 3 is 2.63 bits per heavy atom. The number of aryl methyl sites for hydroxylation is 1. The van der Waals surface area contributed by atoms with Gasteiger partial charge >= 0.3 is 5.97 Å². The quantitative estimate of drug-likeness (QED) is 0.731. The fraction of sp³-hybridized carbons (Fsp3) is 0.368. The predicted molar refractivity (Wildman–Crippen MR) is 105 cm³/mol. The lowest BCUT2D eigenvalue weighted by atomic mass is 9.97. The van der Waals surface area contributed by atoms with Crippen molar-refractivity contribution in [1.29, 1.82) is 0 Å². The average Bonchev–Trinajstić information content (AvgIpc) is 2.69. The Bertz CT molecular complexity index is 808. The van der Waals surface area contributed by atoms with Crippen LogP contribution in [0.2, 0.25) is 0 Å². The molecule has 142 valence electrons. The summed E-state index contributed by atoms with van der Waals surface area (Å²) >= 11 is 3.41. The summed E-state index contributed by atoms with van der Waals surface area (Å²) in [4.78, 5) is 34.8. The molecule has 1 fully saturated rings. The Morgan fingerprint density at radius 2 is 1.96 bits per heavy atom. The first-order chi connectivity index (χ1) is 13.0. The highest BCUT2D eigenvalue weighted by molar-refractivity contribution is 9.10. The molecule has 1 aromatic carbocycles. The number of carbonyl (C=O) groups excluding carboxylic acids is 2. The zero-order valence-corrected chi connectivity index (χ0v) is 16.6. The molecular weight excluding hydrogens is 412 g/mol. The van der Waals surface area contributed by atoms with E-state index in [-0.39, 0.29) is 24.4 Å². The fourth-order valence-electron chi connectivity index (χ4n) is 2.93. The number of piperidine rings is 1. The van der Waals surface area contributed by atoms with Gasteiger partial charge in [-0.1, -0.05) is 6.07 Å². The molecule has 27 heavy (non-hydrogen) atoms. The highest BCUT2D eigenvalue weighted by Gasteiger charge is 2.27. The largest absolute Gasteiger partial charge is 0.455 e. The number of aromatic nitrogens is 2. The molecule has 0 spiro atoms. The summed E-state index contributed by atoms with van der Waals surface area (Å²) in [5, 5.41) is 2.74. The van der Waals surface area contributed by atoms with E-state index in [4.69, 9.17) is 4.74 Å². The Labute approximate surface area is 166 Å². The minimum atomic E-state index is -0.358. The topological polar surface area (TPSA) is 84.4 Å². The van der Waals surface area contributed by atoms with Crippen LogP contribution in [0.3, 0.4) is 0 Å². The fourth-order valence-corrected chi connectivity index (χ4v) is 3.52. The van der Waals surface area contributed by atoms with Crippen LogP contribution in [0.1, 0.15) is 18.4 Å². The zero-order chi connectivity index (χ0) is 19.2. The molecule has 0 aliphatic carbocycles. The van der Waals surface area contributed by atoms with E-state index in [1.54, 1.807) is 24.5 Å². The van der Waals surface area contributed by atoms with E-state index in [0.717, 1.165) is 10.0 Å². The Balaban J connectivity index is 1.44. The smallest absolute Gasteiger partial charge is 0.309 e. The Kier molecular flexibility index (Phi) is 6.39. The van der Waals surface area contributed by atoms with Crippen LogP contribution in [0.25, 0.3) is 0 Å². The van der Waals surface area contributed by atoms with E-state index in [9.17, 15) is 9.59 Å². The van der Waals surface area contributed by atoms with E-state index >= 15 is 0 Å². The van der Waals surface area contributed by atoms with Crippen LogP contribution < -0.4 is 10.2 Å². The number of esters is 1. The molecule has 0 atom stereocenters. The second-order valence-electron chi connectivity index (χ2n) is 6.45. The van der Waals surface area contributed by atoms with Crippen LogP contribution in [0.4, 0.5) is 11.6 Å². The molecule has 3 rings (SSSR count). The van der Waals surface area contributed by atoms with Gasteiger partial charge in [-0.25, -0.2) is 9.97 Å². The van der Waals surface area contributed by atoms with Crippen molar-refractivity contribution in [3.63, 3.8) is 0 Å². The second kappa shape index (κ2) is 8.94. The highest BCUT2D eigenvalue weighted by atomic mass is 79.9. The van der Waals surface area contributed by atoms with Gasteiger partial charge in [0.1, 0.15) is 0 Å². The van der Waals surface area contributed by atoms with Crippen molar-refractivity contribution in [1.82, 2.24) is 9.97 Å². The molecule has 1 saturated heterocycles. The molecule has 1 aliphatic heterocycles. The molecular formula is C19H21BrN4O3. The van der Waals surface area contributed by atoms with Crippen LogP contribution in [-0.4, -0.2) is 41.5 Å². The number of benzene rings is 1. The van der Waals surface area contributed by atoms with E-state index < -0.39 is 0 Å². The molecule has 2 aromatic rings. The monoisotopic (exact) mass is 432 g/mol. The van der Waals surface area contributed by atoms with Gasteiger partial charge < -0.3 is 15.0 Å². The molecule has 0 saturated carbocycles. The first kappa shape index (κ1) is 19.3. The van der Waals surface area contributed by atoms with Crippen molar-refractivity contribution in [2.45, 2.75) is 19.8 Å². The number of amides is 1. The molecule has 0 radical (unpaired) electrons. The maximum absolute atomic E-state index is 12.2. The normalized spacial score (nSPS) is 14.7. The minimum Gasteiger partial charge on any atom is -0.455 e. The maximum Gasteiger partial charge on any atom is 0.309 e. The minimum absolute atomic E-state index is 0.205. The van der Waals surface area contributed by atoms with Crippen LogP contribution in [0.15, 0.2) is 41.1 Å². The van der Waals surface area contributed by atoms with Crippen LogP contribution >= 0.6 is 15.9 Å². The third-order valence-electron chi connectivity index (χ3n) is 4.41. The zero-order valence-electron chi connectivity index (χ0n) is 15.0. The molecule has 2 heterocycles. The SMILES string of the molecule is Cc1ccc(NC(=O)COC(=O)C2CCN(c3ncccn3)CC2)c(Br)c1. The van der Waals surface area contributed by atoms with Gasteiger partial charge in [0.15, 0.2) is 6.61 Å². The van der Waals surface area contributed by atoms with E-state index in [1.807, 2.05) is 24.0 Å². The summed E-state index contributed by atoms with van der Waals surface area (Å²) in [5.41, 5.74) is 1.73. The first-order valence-electron chi connectivity index (χ1n) is 8.77. The molecule has 0 bridgehead atoms. The number of hydrogen-bond donors (Lipinski definition) is 1. The maximum atomic E-state index is 12.2. The predicted octanol–water partition coefficient (Wildman–Crippen LogP) is 2.95. The van der Waals surface area contributed by atoms with Crippen molar-refractivity contribution in [2.75, 3.05) is 29.9 Å². The number of hydrogen-bond acceptors (Lipinski definition) is 6. The van der Waals surface area contributed by atoms with E-state index in [1.165, 1.54) is 0 Å². The Hall–Kier alpha value is -2.48. The van der Waals surface area contributed by atoms with Crippen molar-refractivity contribution in [3.05, 3.63) is 46.7 Å². The Morgan fingerprint density at radius 1 is 1.26 bits per heavy atom. The number of nitrogens with one attached hydrogen (secondary N) is 1. The average molecular weight is 433 g/mol. The summed E-state index contributed by atoms with van der Waals surface area (Å²) in [6.07, 6.45) is 4.71. The van der Waals surface area contributed by atoms with Gasteiger partial charge in [-0.2, -0.15) is 0 Å². The van der Waals surface area contributed by atoms with Crippen LogP contribution in [-0.2, 0) is 14.3 Å². The lowest BCUT2D eigenvalue weighted by Gasteiger charge is -2.30. The summed E-state index contributed by atoms with van der Waals surface area (Å²) < 4.78 is 5.99. The molecule has 1 N–H and O–H groups in total. The van der Waals surface area contributed by atoms with E-state index in [0.29, 0.717) is 37.6 Å². The van der Waals surface area contributed by atoms with Gasteiger partial charge in [0.05, 0.1) is 11.6 Å². The van der Waals surface area contributed by atoms with Gasteiger partial charge in [0.2, 0.25) is 5.95 Å². The molecule has 1 amide bonds. The van der Waals surface area contributed by atoms with Crippen LogP contribution in [0.5, 0.6) is 0 Å². The summed E-state index contributed by atoms with van der Waals surface area (Å²) in [7, 11) is 0. The lowest BCUT2D eigenvalue weighted by molar-refractivity contribution is -0.152. The van der Waals surface area contributed by atoms with Gasteiger partial charge in [0.25, 0.3) is 5.91 Å². The van der Waals surface area contributed by atoms with Crippen molar-refractivity contribution in [3.8, 4) is 0 Å². The molecule has 1 aromatic heterocycles. The standard InChI is InChI=1S/C19H21BrN4O3/c1-13-3-4-16(15(20)11-13)23-17(25)12-27-18(26)14-5-9-24(10-6-14)19-21-7-2-8-22-19/h2-4,7-8,11,14H,5-6,9-10,12H2,1H3,(H,23,25). The van der Waals surface area contributed by atoms with Crippen molar-refractivity contribution in [2.24, 2.45) is 5.92 Å². The first-order valence-corrected chi connectivity index (χ1v) is 9.57. The van der Waals surface area contributed by atoms with Crippen LogP contribution in [0, 0.1) is 12.8 Å². The number of nitrogens with zero attached hydrogens (tertiary/aromatic N) is 3. The molecule has 7 nitrogen and oxygen atoms in total. The van der Waals surface area contributed by atoms with Crippen molar-refractivity contribution < 1.29 is 14.3 Å². The van der Waals surface area contributed by atoms with Gasteiger partial charge in [-0.05, 0) is 59.5 Å². The summed E-state index contributed by atoms with van der Waals surface area (Å²) in [5.74, 6) is -0.221. The molecule has 1 aliphatic rings. The molecule has 0 unspecified atom stereocenters. The van der Waals surface area contributed by atoms with Crippen molar-refractivity contribution >= 4 is 39.4 Å². The van der Waals surface area contributed by atoms with Gasteiger partial charge in [0, 0.05) is 30.0 Å². The summed E-state index contributed by atoms with van der Waals surface area (Å²) in [6, 6.07) is 7.39. The number of anilines is 2. The summed E-state index contributed by atoms with van der Waals surface area (Å²) in [6.45, 7) is 3.05.